The van der Waals surface area contributed by atoms with Crippen LogP contribution >= 0.6 is 0 Å². The second kappa shape index (κ2) is 6.61. The lowest BCUT2D eigenvalue weighted by molar-refractivity contribution is -0.159. The molecule has 12 heteroatoms. The Morgan fingerprint density at radius 1 is 0.963 bits per heavy atom. The fourth-order valence-corrected chi connectivity index (χ4v) is 3.29. The SMILES string of the molecule is O=S(=O)(Nc1ccc(-c2noc(C(F)(F)F)n2)cc1)c1c(F)cccc1F. The van der Waals surface area contributed by atoms with Crippen LogP contribution < -0.4 is 4.72 Å². The zero-order valence-corrected chi connectivity index (χ0v) is 13.8. The highest BCUT2D eigenvalue weighted by Crippen LogP contribution is 2.30. The first kappa shape index (κ1) is 18.8. The van der Waals surface area contributed by atoms with Crippen LogP contribution in [0.1, 0.15) is 5.89 Å². The number of sulfonamides is 1. The molecule has 142 valence electrons. The second-order valence-corrected chi connectivity index (χ2v) is 6.77. The molecule has 0 unspecified atom stereocenters. The van der Waals surface area contributed by atoms with Gasteiger partial charge in [-0.25, -0.2) is 17.2 Å². The van der Waals surface area contributed by atoms with E-state index in [2.05, 4.69) is 14.7 Å². The van der Waals surface area contributed by atoms with E-state index in [-0.39, 0.29) is 17.1 Å². The molecule has 0 aliphatic carbocycles. The largest absolute Gasteiger partial charge is 0.471 e. The fraction of sp³-hybridized carbons (Fsp3) is 0.0667. The molecule has 0 spiro atoms. The molecule has 1 heterocycles. The second-order valence-electron chi connectivity index (χ2n) is 5.15. The van der Waals surface area contributed by atoms with E-state index in [0.717, 1.165) is 30.3 Å². The minimum absolute atomic E-state index is 0.0825. The molecule has 2 aromatic carbocycles. The van der Waals surface area contributed by atoms with Crippen molar-refractivity contribution in [3.8, 4) is 11.4 Å². The number of nitrogens with one attached hydrogen (secondary N) is 1. The van der Waals surface area contributed by atoms with Gasteiger partial charge >= 0.3 is 12.1 Å². The van der Waals surface area contributed by atoms with Gasteiger partial charge in [-0.1, -0.05) is 11.2 Å². The first-order valence-electron chi connectivity index (χ1n) is 7.06. The average molecular weight is 405 g/mol. The molecule has 0 bridgehead atoms. The summed E-state index contributed by atoms with van der Waals surface area (Å²) in [5, 5.41) is 3.18. The Balaban J connectivity index is 1.85. The summed E-state index contributed by atoms with van der Waals surface area (Å²) >= 11 is 0. The van der Waals surface area contributed by atoms with E-state index in [1.807, 2.05) is 4.72 Å². The van der Waals surface area contributed by atoms with E-state index < -0.39 is 38.6 Å². The Labute approximate surface area is 148 Å². The van der Waals surface area contributed by atoms with Crippen molar-refractivity contribution < 1.29 is 34.9 Å². The Hall–Kier alpha value is -3.02. The monoisotopic (exact) mass is 405 g/mol. The number of rotatable bonds is 4. The Kier molecular flexibility index (Phi) is 4.59. The molecular weight excluding hydrogens is 397 g/mol. The smallest absolute Gasteiger partial charge is 0.329 e. The predicted molar refractivity (Wildman–Crippen MR) is 81.9 cm³/mol. The summed E-state index contributed by atoms with van der Waals surface area (Å²) < 4.78 is 95.1. The molecule has 1 N–H and O–H groups in total. The number of hydrogen-bond acceptors (Lipinski definition) is 5. The third-order valence-electron chi connectivity index (χ3n) is 3.25. The molecule has 3 rings (SSSR count). The van der Waals surface area contributed by atoms with Crippen LogP contribution in [0.3, 0.4) is 0 Å². The van der Waals surface area contributed by atoms with E-state index in [1.54, 1.807) is 0 Å². The Bertz CT molecular complexity index is 1060. The first-order chi connectivity index (χ1) is 12.6. The summed E-state index contributed by atoms with van der Waals surface area (Å²) in [7, 11) is -4.57. The van der Waals surface area contributed by atoms with Crippen LogP contribution in [0.25, 0.3) is 11.4 Å². The lowest BCUT2D eigenvalue weighted by Gasteiger charge is -2.09. The van der Waals surface area contributed by atoms with Crippen LogP contribution in [-0.2, 0) is 16.2 Å². The van der Waals surface area contributed by atoms with Crippen LogP contribution in [0, 0.1) is 11.6 Å². The zero-order valence-electron chi connectivity index (χ0n) is 13.0. The molecule has 0 atom stereocenters. The normalized spacial score (nSPS) is 12.2. The Morgan fingerprint density at radius 2 is 1.56 bits per heavy atom. The van der Waals surface area contributed by atoms with Crippen LogP contribution in [-0.4, -0.2) is 18.6 Å². The van der Waals surface area contributed by atoms with Gasteiger partial charge in [0.05, 0.1) is 0 Å². The van der Waals surface area contributed by atoms with E-state index in [1.165, 1.54) is 12.1 Å². The number of nitrogens with zero attached hydrogens (tertiary/aromatic N) is 2. The van der Waals surface area contributed by atoms with Crippen LogP contribution in [0.4, 0.5) is 27.6 Å². The van der Waals surface area contributed by atoms with Gasteiger partial charge in [-0.15, -0.1) is 0 Å². The highest BCUT2D eigenvalue weighted by Gasteiger charge is 2.38. The minimum Gasteiger partial charge on any atom is -0.329 e. The van der Waals surface area contributed by atoms with Gasteiger partial charge in [-0.3, -0.25) is 4.72 Å². The minimum atomic E-state index is -4.80. The third kappa shape index (κ3) is 3.89. The molecular formula is C15H8F5N3O3S. The maximum Gasteiger partial charge on any atom is 0.471 e. The van der Waals surface area contributed by atoms with Crippen molar-refractivity contribution in [2.45, 2.75) is 11.1 Å². The molecule has 3 aromatic rings. The summed E-state index contributed by atoms with van der Waals surface area (Å²) in [5.41, 5.74) is 0.0233. The molecule has 1 aromatic heterocycles. The van der Waals surface area contributed by atoms with Crippen molar-refractivity contribution in [3.63, 3.8) is 0 Å². The van der Waals surface area contributed by atoms with Crippen molar-refractivity contribution >= 4 is 15.7 Å². The van der Waals surface area contributed by atoms with Gasteiger partial charge in [0.2, 0.25) is 5.82 Å². The number of alkyl halides is 3. The van der Waals surface area contributed by atoms with Gasteiger partial charge in [-0.05, 0) is 36.4 Å². The molecule has 6 nitrogen and oxygen atoms in total. The molecule has 0 amide bonds. The van der Waals surface area contributed by atoms with E-state index in [9.17, 15) is 30.4 Å². The fourth-order valence-electron chi connectivity index (χ4n) is 2.09. The summed E-state index contributed by atoms with van der Waals surface area (Å²) in [4.78, 5) is 2.04. The summed E-state index contributed by atoms with van der Waals surface area (Å²) in [6.07, 6.45) is -4.80. The summed E-state index contributed by atoms with van der Waals surface area (Å²) in [6, 6.07) is 7.33. The van der Waals surface area contributed by atoms with Crippen molar-refractivity contribution in [2.24, 2.45) is 0 Å². The highest BCUT2D eigenvalue weighted by atomic mass is 32.2. The van der Waals surface area contributed by atoms with Gasteiger partial charge in [-0.2, -0.15) is 18.2 Å². The van der Waals surface area contributed by atoms with Crippen LogP contribution in [0.15, 0.2) is 51.9 Å². The number of hydrogen-bond donors (Lipinski definition) is 1. The van der Waals surface area contributed by atoms with Crippen molar-refractivity contribution in [3.05, 3.63) is 60.0 Å². The van der Waals surface area contributed by atoms with E-state index in [4.69, 9.17) is 0 Å². The van der Waals surface area contributed by atoms with Crippen molar-refractivity contribution in [1.82, 2.24) is 10.1 Å². The highest BCUT2D eigenvalue weighted by molar-refractivity contribution is 7.92. The lowest BCUT2D eigenvalue weighted by Crippen LogP contribution is -2.16. The molecule has 0 saturated heterocycles. The molecule has 27 heavy (non-hydrogen) atoms. The van der Waals surface area contributed by atoms with Crippen LogP contribution in [0.2, 0.25) is 0 Å². The predicted octanol–water partition coefficient (Wildman–Crippen LogP) is 3.83. The lowest BCUT2D eigenvalue weighted by atomic mass is 10.2. The molecule has 0 aliphatic heterocycles. The third-order valence-corrected chi connectivity index (χ3v) is 4.68. The topological polar surface area (TPSA) is 85.1 Å². The van der Waals surface area contributed by atoms with Crippen LogP contribution in [0.5, 0.6) is 0 Å². The zero-order chi connectivity index (χ0) is 19.8. The summed E-state index contributed by atoms with van der Waals surface area (Å²) in [6.45, 7) is 0. The van der Waals surface area contributed by atoms with Gasteiger partial charge in [0.1, 0.15) is 11.6 Å². The number of aromatic nitrogens is 2. The molecule has 0 aliphatic rings. The summed E-state index contributed by atoms with van der Waals surface area (Å²) in [5.74, 6) is -4.44. The standard InChI is InChI=1S/C15H8F5N3O3S/c16-10-2-1-3-11(17)12(10)27(24,25)23-9-6-4-8(5-7-9)13-21-14(26-22-13)15(18,19)20/h1-7,23H. The maximum atomic E-state index is 13.7. The van der Waals surface area contributed by atoms with E-state index in [0.29, 0.717) is 0 Å². The quantitative estimate of drug-likeness (QED) is 0.667. The number of benzene rings is 2. The van der Waals surface area contributed by atoms with Gasteiger partial charge < -0.3 is 4.52 Å². The first-order valence-corrected chi connectivity index (χ1v) is 8.54. The number of anilines is 1. The number of halogens is 5. The van der Waals surface area contributed by atoms with Gasteiger partial charge in [0.25, 0.3) is 10.0 Å². The molecule has 0 radical (unpaired) electrons. The average Bonchev–Trinajstić information content (AvgIpc) is 3.05. The van der Waals surface area contributed by atoms with Gasteiger partial charge in [0, 0.05) is 11.3 Å². The molecule has 0 saturated carbocycles. The molecule has 0 fully saturated rings. The van der Waals surface area contributed by atoms with E-state index >= 15 is 0 Å². The maximum absolute atomic E-state index is 13.7. The Morgan fingerprint density at radius 3 is 2.07 bits per heavy atom. The van der Waals surface area contributed by atoms with Gasteiger partial charge in [0.15, 0.2) is 4.90 Å². The van der Waals surface area contributed by atoms with Crippen molar-refractivity contribution in [2.75, 3.05) is 4.72 Å². The van der Waals surface area contributed by atoms with Crippen molar-refractivity contribution in [1.29, 1.82) is 0 Å².